The fourth-order valence-electron chi connectivity index (χ4n) is 1.92. The molecule has 19 heavy (non-hydrogen) atoms. The smallest absolute Gasteiger partial charge is 0.169 e. The molecule has 0 fully saturated rings. The number of para-hydroxylation sites is 1. The van der Waals surface area contributed by atoms with E-state index in [1.807, 2.05) is 0 Å². The normalized spacial score (nSPS) is 12.8. The number of hydrogen-bond donors (Lipinski definition) is 1. The topological polar surface area (TPSA) is 52.0 Å². The van der Waals surface area contributed by atoms with E-state index >= 15 is 0 Å². The monoisotopic (exact) mass is 260 g/mol. The Kier molecular flexibility index (Phi) is 2.76. The van der Waals surface area contributed by atoms with Crippen LogP contribution in [0.25, 0.3) is 11.0 Å². The van der Waals surface area contributed by atoms with Gasteiger partial charge in [0.1, 0.15) is 17.6 Å². The standard InChI is InChI=1S/C14H10F2N2O/c15-9-4-5-11(18-7-9)13(17)12-6-8-2-1-3-10(16)14(8)19-12/h1-7,13H,17H2. The van der Waals surface area contributed by atoms with Crippen LogP contribution in [0.2, 0.25) is 0 Å². The van der Waals surface area contributed by atoms with Crippen LogP contribution in [-0.4, -0.2) is 4.98 Å². The number of nitrogens with zero attached hydrogens (tertiary/aromatic N) is 1. The largest absolute Gasteiger partial charge is 0.456 e. The number of pyridine rings is 1. The third-order valence-electron chi connectivity index (χ3n) is 2.89. The van der Waals surface area contributed by atoms with Gasteiger partial charge in [0.05, 0.1) is 11.9 Å². The Morgan fingerprint density at radius 1 is 1.16 bits per heavy atom. The van der Waals surface area contributed by atoms with Crippen molar-refractivity contribution in [2.45, 2.75) is 6.04 Å². The quantitative estimate of drug-likeness (QED) is 0.770. The second kappa shape index (κ2) is 4.44. The first-order chi connectivity index (χ1) is 9.15. The summed E-state index contributed by atoms with van der Waals surface area (Å²) >= 11 is 0. The van der Waals surface area contributed by atoms with Gasteiger partial charge in [-0.15, -0.1) is 0 Å². The lowest BCUT2D eigenvalue weighted by atomic mass is 10.1. The summed E-state index contributed by atoms with van der Waals surface area (Å²) in [6, 6.07) is 8.39. The number of halogens is 2. The van der Waals surface area contributed by atoms with Crippen LogP contribution in [0.3, 0.4) is 0 Å². The Morgan fingerprint density at radius 2 is 2.00 bits per heavy atom. The van der Waals surface area contributed by atoms with Gasteiger partial charge in [-0.1, -0.05) is 12.1 Å². The van der Waals surface area contributed by atoms with Gasteiger partial charge in [-0.25, -0.2) is 8.78 Å². The number of hydrogen-bond acceptors (Lipinski definition) is 3. The molecule has 0 bridgehead atoms. The Hall–Kier alpha value is -2.27. The van der Waals surface area contributed by atoms with Gasteiger partial charge >= 0.3 is 0 Å². The van der Waals surface area contributed by atoms with Gasteiger partial charge in [0.15, 0.2) is 11.4 Å². The Morgan fingerprint density at radius 3 is 2.68 bits per heavy atom. The molecule has 0 saturated heterocycles. The molecule has 2 heterocycles. The maximum absolute atomic E-state index is 13.5. The molecule has 0 aliphatic rings. The van der Waals surface area contributed by atoms with Crippen molar-refractivity contribution in [1.29, 1.82) is 0 Å². The van der Waals surface area contributed by atoms with E-state index in [1.165, 1.54) is 18.2 Å². The van der Waals surface area contributed by atoms with Crippen LogP contribution >= 0.6 is 0 Å². The van der Waals surface area contributed by atoms with Crippen LogP contribution in [0.5, 0.6) is 0 Å². The first-order valence-corrected chi connectivity index (χ1v) is 5.70. The van der Waals surface area contributed by atoms with Crippen LogP contribution in [0.4, 0.5) is 8.78 Å². The molecule has 2 aromatic heterocycles. The van der Waals surface area contributed by atoms with Crippen LogP contribution in [-0.2, 0) is 0 Å². The minimum absolute atomic E-state index is 0.162. The second-order valence-electron chi connectivity index (χ2n) is 4.19. The first-order valence-electron chi connectivity index (χ1n) is 5.70. The summed E-state index contributed by atoms with van der Waals surface area (Å²) in [5, 5.41) is 0.632. The summed E-state index contributed by atoms with van der Waals surface area (Å²) in [7, 11) is 0. The van der Waals surface area contributed by atoms with Gasteiger partial charge in [0.2, 0.25) is 0 Å². The van der Waals surface area contributed by atoms with E-state index in [0.29, 0.717) is 16.8 Å². The molecule has 0 radical (unpaired) electrons. The van der Waals surface area contributed by atoms with E-state index in [9.17, 15) is 8.78 Å². The molecule has 0 spiro atoms. The van der Waals surface area contributed by atoms with E-state index in [1.54, 1.807) is 18.2 Å². The summed E-state index contributed by atoms with van der Waals surface area (Å²) in [4.78, 5) is 3.89. The molecule has 1 unspecified atom stereocenters. The van der Waals surface area contributed by atoms with Crippen molar-refractivity contribution in [3.05, 3.63) is 65.7 Å². The summed E-state index contributed by atoms with van der Waals surface area (Å²) in [5.74, 6) is -0.492. The van der Waals surface area contributed by atoms with Crippen LogP contribution in [0.1, 0.15) is 17.5 Å². The molecular weight excluding hydrogens is 250 g/mol. The highest BCUT2D eigenvalue weighted by Gasteiger charge is 2.16. The number of furan rings is 1. The summed E-state index contributed by atoms with van der Waals surface area (Å²) in [5.41, 5.74) is 6.60. The zero-order valence-corrected chi connectivity index (χ0v) is 9.81. The van der Waals surface area contributed by atoms with Gasteiger partial charge in [0, 0.05) is 5.39 Å². The zero-order valence-electron chi connectivity index (χ0n) is 9.81. The molecule has 5 heteroatoms. The van der Waals surface area contributed by atoms with Gasteiger partial charge in [-0.05, 0) is 24.3 Å². The van der Waals surface area contributed by atoms with E-state index in [2.05, 4.69) is 4.98 Å². The molecule has 2 N–H and O–H groups in total. The highest BCUT2D eigenvalue weighted by Crippen LogP contribution is 2.27. The van der Waals surface area contributed by atoms with Gasteiger partial charge in [-0.3, -0.25) is 4.98 Å². The van der Waals surface area contributed by atoms with Crippen molar-refractivity contribution >= 4 is 11.0 Å². The van der Waals surface area contributed by atoms with Crippen LogP contribution in [0, 0.1) is 11.6 Å². The Balaban J connectivity index is 2.04. The molecule has 3 aromatic rings. The van der Waals surface area contributed by atoms with Crippen molar-refractivity contribution in [2.24, 2.45) is 5.73 Å². The Labute approximate surface area is 107 Å². The number of fused-ring (bicyclic) bond motifs is 1. The molecule has 3 nitrogen and oxygen atoms in total. The third kappa shape index (κ3) is 2.08. The zero-order chi connectivity index (χ0) is 13.4. The predicted octanol–water partition coefficient (Wildman–Crippen LogP) is 3.15. The number of rotatable bonds is 2. The SMILES string of the molecule is NC(c1ccc(F)cn1)c1cc2cccc(F)c2o1. The Bertz CT molecular complexity index is 722. The van der Waals surface area contributed by atoms with E-state index in [0.717, 1.165) is 6.20 Å². The van der Waals surface area contributed by atoms with Crippen molar-refractivity contribution in [3.8, 4) is 0 Å². The average molecular weight is 260 g/mol. The molecule has 0 amide bonds. The average Bonchev–Trinajstić information content (AvgIpc) is 2.84. The maximum atomic E-state index is 13.5. The summed E-state index contributed by atoms with van der Waals surface area (Å²) in [6.07, 6.45) is 1.08. The third-order valence-corrected chi connectivity index (χ3v) is 2.89. The molecular formula is C14H10F2N2O. The molecule has 1 aromatic carbocycles. The lowest BCUT2D eigenvalue weighted by Gasteiger charge is -2.07. The molecule has 0 aliphatic carbocycles. The predicted molar refractivity (Wildman–Crippen MR) is 66.4 cm³/mol. The van der Waals surface area contributed by atoms with Crippen LogP contribution < -0.4 is 5.73 Å². The fourth-order valence-corrected chi connectivity index (χ4v) is 1.92. The molecule has 96 valence electrons. The van der Waals surface area contributed by atoms with Crippen molar-refractivity contribution in [1.82, 2.24) is 4.98 Å². The van der Waals surface area contributed by atoms with Gasteiger partial charge in [-0.2, -0.15) is 0 Å². The van der Waals surface area contributed by atoms with Gasteiger partial charge < -0.3 is 10.2 Å². The van der Waals surface area contributed by atoms with Crippen LogP contribution in [0.15, 0.2) is 47.0 Å². The number of nitrogens with two attached hydrogens (primary N) is 1. The minimum Gasteiger partial charge on any atom is -0.456 e. The van der Waals surface area contributed by atoms with Crippen molar-refractivity contribution in [3.63, 3.8) is 0 Å². The number of benzene rings is 1. The van der Waals surface area contributed by atoms with E-state index in [4.69, 9.17) is 10.2 Å². The molecule has 3 rings (SSSR count). The molecule has 0 aliphatic heterocycles. The van der Waals surface area contributed by atoms with E-state index in [-0.39, 0.29) is 5.58 Å². The van der Waals surface area contributed by atoms with Gasteiger partial charge in [0.25, 0.3) is 0 Å². The fraction of sp³-hybridized carbons (Fsp3) is 0.0714. The highest BCUT2D eigenvalue weighted by molar-refractivity contribution is 5.78. The van der Waals surface area contributed by atoms with Crippen molar-refractivity contribution in [2.75, 3.05) is 0 Å². The summed E-state index contributed by atoms with van der Waals surface area (Å²) < 4.78 is 31.7. The second-order valence-corrected chi connectivity index (χ2v) is 4.19. The first kappa shape index (κ1) is 11.8. The lowest BCUT2D eigenvalue weighted by molar-refractivity contribution is 0.498. The summed E-state index contributed by atoms with van der Waals surface area (Å²) in [6.45, 7) is 0. The minimum atomic E-state index is -0.660. The highest BCUT2D eigenvalue weighted by atomic mass is 19.1. The van der Waals surface area contributed by atoms with E-state index < -0.39 is 17.7 Å². The molecule has 0 saturated carbocycles. The van der Waals surface area contributed by atoms with Crippen molar-refractivity contribution < 1.29 is 13.2 Å². The maximum Gasteiger partial charge on any atom is 0.169 e. The lowest BCUT2D eigenvalue weighted by Crippen LogP contribution is -2.12. The molecule has 1 atom stereocenters. The number of aromatic nitrogens is 1.